The second-order valence-electron chi connectivity index (χ2n) is 6.09. The Morgan fingerprint density at radius 2 is 2.04 bits per heavy atom. The maximum absolute atomic E-state index is 12.3. The van der Waals surface area contributed by atoms with Crippen molar-refractivity contribution >= 4 is 23.4 Å². The van der Waals surface area contributed by atoms with Crippen LogP contribution in [0.5, 0.6) is 0 Å². The highest BCUT2D eigenvalue weighted by Crippen LogP contribution is 2.26. The molecule has 24 heavy (non-hydrogen) atoms. The van der Waals surface area contributed by atoms with Crippen molar-refractivity contribution < 1.29 is 19.1 Å². The molecule has 1 aromatic rings. The number of nitrogens with one attached hydrogen (secondary N) is 1. The van der Waals surface area contributed by atoms with Gasteiger partial charge in [-0.25, -0.2) is 4.79 Å². The molecule has 2 saturated heterocycles. The Kier molecular flexibility index (Phi) is 5.20. The normalized spacial score (nSPS) is 20.9. The molecule has 2 fully saturated rings. The van der Waals surface area contributed by atoms with Crippen molar-refractivity contribution in [2.75, 3.05) is 50.1 Å². The third-order valence-electron chi connectivity index (χ3n) is 4.28. The monoisotopic (exact) mass is 333 g/mol. The zero-order chi connectivity index (χ0) is 16.9. The molecule has 7 nitrogen and oxygen atoms in total. The molecule has 7 heteroatoms. The number of nitrogens with zero attached hydrogens (tertiary/aromatic N) is 2. The minimum Gasteiger partial charge on any atom is -0.444 e. The van der Waals surface area contributed by atoms with Crippen molar-refractivity contribution in [3.8, 4) is 0 Å². The van der Waals surface area contributed by atoms with E-state index in [0.29, 0.717) is 32.6 Å². The first-order valence-corrected chi connectivity index (χ1v) is 8.27. The number of rotatable bonds is 5. The summed E-state index contributed by atoms with van der Waals surface area (Å²) in [4.78, 5) is 27.3. The summed E-state index contributed by atoms with van der Waals surface area (Å²) >= 11 is 0. The maximum Gasteiger partial charge on any atom is 0.409 e. The molecule has 2 heterocycles. The van der Waals surface area contributed by atoms with Gasteiger partial charge in [-0.05, 0) is 18.6 Å². The molecular weight excluding hydrogens is 310 g/mol. The molecule has 1 N–H and O–H groups in total. The average Bonchev–Trinajstić information content (AvgIpc) is 2.92. The van der Waals surface area contributed by atoms with Gasteiger partial charge in [0, 0.05) is 26.6 Å². The largest absolute Gasteiger partial charge is 0.444 e. The van der Waals surface area contributed by atoms with Crippen LogP contribution in [0, 0.1) is 0 Å². The Bertz CT molecular complexity index is 601. The fraction of sp³-hybridized carbons (Fsp3) is 0.529. The van der Waals surface area contributed by atoms with Crippen LogP contribution in [0.15, 0.2) is 24.3 Å². The van der Waals surface area contributed by atoms with E-state index in [1.165, 1.54) is 4.90 Å². The van der Waals surface area contributed by atoms with Crippen molar-refractivity contribution in [1.82, 2.24) is 4.90 Å². The summed E-state index contributed by atoms with van der Waals surface area (Å²) in [7, 11) is 1.70. The van der Waals surface area contributed by atoms with Crippen LogP contribution < -0.4 is 10.2 Å². The smallest absolute Gasteiger partial charge is 0.409 e. The Morgan fingerprint density at radius 3 is 2.75 bits per heavy atom. The predicted octanol–water partition coefficient (Wildman–Crippen LogP) is 1.69. The van der Waals surface area contributed by atoms with Crippen molar-refractivity contribution in [3.05, 3.63) is 24.3 Å². The van der Waals surface area contributed by atoms with Crippen molar-refractivity contribution in [1.29, 1.82) is 0 Å². The molecule has 0 aromatic heterocycles. The predicted molar refractivity (Wildman–Crippen MR) is 90.2 cm³/mol. The lowest BCUT2D eigenvalue weighted by atomic mass is 10.1. The molecule has 2 amide bonds. The van der Waals surface area contributed by atoms with Crippen molar-refractivity contribution in [2.24, 2.45) is 0 Å². The number of morpholine rings is 1. The van der Waals surface area contributed by atoms with Gasteiger partial charge in [0.05, 0.1) is 31.1 Å². The molecule has 2 aliphatic heterocycles. The third-order valence-corrected chi connectivity index (χ3v) is 4.28. The van der Waals surface area contributed by atoms with Crippen LogP contribution >= 0.6 is 0 Å². The fourth-order valence-corrected chi connectivity index (χ4v) is 2.96. The van der Waals surface area contributed by atoms with Gasteiger partial charge in [-0.2, -0.15) is 0 Å². The molecule has 0 aliphatic carbocycles. The van der Waals surface area contributed by atoms with Crippen LogP contribution in [-0.2, 0) is 14.3 Å². The molecule has 1 unspecified atom stereocenters. The number of hydrogen-bond donors (Lipinski definition) is 1. The maximum atomic E-state index is 12.3. The summed E-state index contributed by atoms with van der Waals surface area (Å²) in [6, 6.07) is 7.79. The van der Waals surface area contributed by atoms with Gasteiger partial charge in [-0.15, -0.1) is 0 Å². The van der Waals surface area contributed by atoms with Crippen molar-refractivity contribution in [3.63, 3.8) is 0 Å². The first kappa shape index (κ1) is 16.6. The van der Waals surface area contributed by atoms with Crippen molar-refractivity contribution in [2.45, 2.75) is 18.9 Å². The van der Waals surface area contributed by atoms with E-state index >= 15 is 0 Å². The van der Waals surface area contributed by atoms with Gasteiger partial charge < -0.3 is 24.6 Å². The Labute approximate surface area is 141 Å². The highest BCUT2D eigenvalue weighted by atomic mass is 16.6. The molecule has 0 radical (unpaired) electrons. The van der Waals surface area contributed by atoms with Crippen LogP contribution in [-0.4, -0.2) is 62.9 Å². The first-order chi connectivity index (χ1) is 11.6. The molecule has 130 valence electrons. The van der Waals surface area contributed by atoms with E-state index < -0.39 is 0 Å². The number of carbonyl (C=O) groups excluding carboxylic acids is 2. The van der Waals surface area contributed by atoms with E-state index in [1.54, 1.807) is 7.05 Å². The molecule has 1 atom stereocenters. The summed E-state index contributed by atoms with van der Waals surface area (Å²) in [5.41, 5.74) is 1.83. The summed E-state index contributed by atoms with van der Waals surface area (Å²) < 4.78 is 10.6. The van der Waals surface area contributed by atoms with Crippen LogP contribution in [0.2, 0.25) is 0 Å². The van der Waals surface area contributed by atoms with Crippen LogP contribution in [0.1, 0.15) is 12.8 Å². The highest BCUT2D eigenvalue weighted by molar-refractivity contribution is 5.94. The first-order valence-electron chi connectivity index (χ1n) is 8.27. The van der Waals surface area contributed by atoms with E-state index in [4.69, 9.17) is 9.47 Å². The number of anilines is 2. The minimum absolute atomic E-state index is 0.0682. The fourth-order valence-electron chi connectivity index (χ4n) is 2.96. The van der Waals surface area contributed by atoms with Gasteiger partial charge in [0.15, 0.2) is 0 Å². The zero-order valence-electron chi connectivity index (χ0n) is 13.9. The standard InChI is InChI=1S/C17H23N3O4/c1-19-12-13(24-17(19)22)6-7-16(21)18-14-4-2-3-5-15(14)20-8-10-23-11-9-20/h2-5,13H,6-12H2,1H3,(H,18,21). The minimum atomic E-state index is -0.321. The third kappa shape index (κ3) is 3.97. The molecule has 0 bridgehead atoms. The zero-order valence-corrected chi connectivity index (χ0v) is 13.9. The Balaban J connectivity index is 1.55. The number of ether oxygens (including phenoxy) is 2. The SMILES string of the molecule is CN1CC(CCC(=O)Nc2ccccc2N2CCOCC2)OC1=O. The van der Waals surface area contributed by atoms with E-state index in [9.17, 15) is 9.59 Å². The van der Waals surface area contributed by atoms with Gasteiger partial charge in [0.25, 0.3) is 0 Å². The van der Waals surface area contributed by atoms with Crippen LogP contribution in [0.4, 0.5) is 16.2 Å². The van der Waals surface area contributed by atoms with Gasteiger partial charge in [0.1, 0.15) is 6.10 Å². The summed E-state index contributed by atoms with van der Waals surface area (Å²) in [6.45, 7) is 3.57. The average molecular weight is 333 g/mol. The number of amides is 2. The van der Waals surface area contributed by atoms with Crippen LogP contribution in [0.3, 0.4) is 0 Å². The van der Waals surface area contributed by atoms with E-state index in [2.05, 4.69) is 10.2 Å². The molecule has 0 spiro atoms. The molecule has 1 aromatic carbocycles. The lowest BCUT2D eigenvalue weighted by Gasteiger charge is -2.30. The topological polar surface area (TPSA) is 71.1 Å². The van der Waals surface area contributed by atoms with Gasteiger partial charge in [-0.3, -0.25) is 4.79 Å². The number of cyclic esters (lactones) is 1. The van der Waals surface area contributed by atoms with Crippen LogP contribution in [0.25, 0.3) is 0 Å². The summed E-state index contributed by atoms with van der Waals surface area (Å²) in [5.74, 6) is -0.0682. The molecular formula is C17H23N3O4. The number of hydrogen-bond acceptors (Lipinski definition) is 5. The lowest BCUT2D eigenvalue weighted by molar-refractivity contribution is -0.116. The van der Waals surface area contributed by atoms with Gasteiger partial charge in [-0.1, -0.05) is 12.1 Å². The number of carbonyl (C=O) groups is 2. The van der Waals surface area contributed by atoms with E-state index in [1.807, 2.05) is 24.3 Å². The second kappa shape index (κ2) is 7.53. The number of likely N-dealkylation sites (N-methyl/N-ethyl adjacent to an activating group) is 1. The molecule has 0 saturated carbocycles. The lowest BCUT2D eigenvalue weighted by Crippen LogP contribution is -2.36. The Hall–Kier alpha value is -2.28. The van der Waals surface area contributed by atoms with Gasteiger partial charge >= 0.3 is 6.09 Å². The number of benzene rings is 1. The number of para-hydroxylation sites is 2. The quantitative estimate of drug-likeness (QED) is 0.888. The summed E-state index contributed by atoms with van der Waals surface area (Å²) in [5, 5.41) is 2.98. The molecule has 2 aliphatic rings. The highest BCUT2D eigenvalue weighted by Gasteiger charge is 2.28. The Morgan fingerprint density at radius 1 is 1.29 bits per heavy atom. The van der Waals surface area contributed by atoms with E-state index in [0.717, 1.165) is 24.5 Å². The van der Waals surface area contributed by atoms with E-state index in [-0.39, 0.29) is 18.1 Å². The summed E-state index contributed by atoms with van der Waals surface area (Å²) in [6.07, 6.45) is 0.325. The molecule has 3 rings (SSSR count). The second-order valence-corrected chi connectivity index (χ2v) is 6.09. The van der Waals surface area contributed by atoms with Gasteiger partial charge in [0.2, 0.25) is 5.91 Å².